The van der Waals surface area contributed by atoms with Crippen LogP contribution < -0.4 is 0 Å². The van der Waals surface area contributed by atoms with E-state index in [4.69, 9.17) is 0 Å². The molecule has 0 bridgehead atoms. The van der Waals surface area contributed by atoms with Crippen LogP contribution in [0.15, 0.2) is 28.1 Å². The lowest BCUT2D eigenvalue weighted by Crippen LogP contribution is -2.16. The van der Waals surface area contributed by atoms with E-state index in [1.807, 2.05) is 0 Å². The third-order valence-electron chi connectivity index (χ3n) is 4.01. The molecule has 0 aromatic carbocycles. The first-order chi connectivity index (χ1) is 12.0. The summed E-state index contributed by atoms with van der Waals surface area (Å²) in [6, 6.07) is 2.70. The van der Waals surface area contributed by atoms with Crippen molar-refractivity contribution < 1.29 is 31.2 Å². The average molecular weight is 401 g/mol. The number of nitrogens with zero attached hydrogens (tertiary/aromatic N) is 1. The Bertz CT molecular complexity index is 1110. The van der Waals surface area contributed by atoms with Crippen molar-refractivity contribution in [1.29, 1.82) is 0 Å². The highest BCUT2D eigenvalue weighted by molar-refractivity contribution is 7.94. The lowest BCUT2D eigenvalue weighted by Gasteiger charge is -2.06. The second-order valence-corrected chi connectivity index (χ2v) is 9.96. The third-order valence-corrected chi connectivity index (χ3v) is 7.71. The fourth-order valence-electron chi connectivity index (χ4n) is 2.58. The summed E-state index contributed by atoms with van der Waals surface area (Å²) in [5.74, 6) is -2.09. The van der Waals surface area contributed by atoms with Crippen LogP contribution in [0.3, 0.4) is 0 Å². The van der Waals surface area contributed by atoms with Gasteiger partial charge < -0.3 is 9.14 Å². The van der Waals surface area contributed by atoms with Crippen LogP contribution in [0.2, 0.25) is 0 Å². The lowest BCUT2D eigenvalue weighted by molar-refractivity contribution is 0.0587. The van der Waals surface area contributed by atoms with E-state index in [0.29, 0.717) is 0 Å². The van der Waals surface area contributed by atoms with Gasteiger partial charge >= 0.3 is 5.97 Å². The number of rotatable bonds is 6. The maximum absolute atomic E-state index is 12.7. The van der Waals surface area contributed by atoms with Gasteiger partial charge in [-0.25, -0.2) is 21.6 Å². The number of hydrogen-bond donors (Lipinski definition) is 0. The zero-order valence-electron chi connectivity index (χ0n) is 14.8. The summed E-state index contributed by atoms with van der Waals surface area (Å²) < 4.78 is 56.4. The predicted octanol–water partition coefficient (Wildman–Crippen LogP) is 1.52. The molecule has 142 valence electrons. The van der Waals surface area contributed by atoms with Gasteiger partial charge in [-0.1, -0.05) is 13.8 Å². The van der Waals surface area contributed by atoms with E-state index in [9.17, 15) is 26.4 Å². The summed E-state index contributed by atoms with van der Waals surface area (Å²) >= 11 is 0. The van der Waals surface area contributed by atoms with Crippen LogP contribution in [0.1, 0.15) is 41.6 Å². The van der Waals surface area contributed by atoms with Crippen LogP contribution in [0.25, 0.3) is 5.52 Å². The Morgan fingerprint density at radius 2 is 1.54 bits per heavy atom. The largest absolute Gasteiger partial charge is 0.464 e. The first-order valence-electron chi connectivity index (χ1n) is 7.74. The minimum atomic E-state index is -4.09. The van der Waals surface area contributed by atoms with Crippen LogP contribution in [-0.2, 0) is 24.4 Å². The zero-order chi connectivity index (χ0) is 19.9. The van der Waals surface area contributed by atoms with Gasteiger partial charge in [0.15, 0.2) is 31.2 Å². The molecule has 0 aliphatic heterocycles. The molecule has 0 atom stereocenters. The fraction of sp³-hybridized carbons (Fsp3) is 0.375. The van der Waals surface area contributed by atoms with Crippen LogP contribution in [0.5, 0.6) is 0 Å². The second-order valence-electron chi connectivity index (χ2n) is 5.53. The van der Waals surface area contributed by atoms with Gasteiger partial charge in [-0.15, -0.1) is 0 Å². The van der Waals surface area contributed by atoms with Gasteiger partial charge in [0.2, 0.25) is 0 Å². The molecule has 0 fully saturated rings. The monoisotopic (exact) mass is 401 g/mol. The van der Waals surface area contributed by atoms with Crippen molar-refractivity contribution in [2.45, 2.75) is 30.6 Å². The first-order valence-corrected chi connectivity index (χ1v) is 11.0. The second kappa shape index (κ2) is 6.84. The summed E-state index contributed by atoms with van der Waals surface area (Å²) in [5, 5.41) is 0. The Hall–Kier alpha value is -2.20. The summed E-state index contributed by atoms with van der Waals surface area (Å²) in [5.41, 5.74) is -0.234. The van der Waals surface area contributed by atoms with Crippen molar-refractivity contribution >= 4 is 36.9 Å². The molecule has 0 N–H and O–H groups in total. The molecule has 0 spiro atoms. The predicted molar refractivity (Wildman–Crippen MR) is 94.2 cm³/mol. The van der Waals surface area contributed by atoms with Crippen molar-refractivity contribution in [2.75, 3.05) is 18.6 Å². The topological polar surface area (TPSA) is 116 Å². The Labute approximate surface area is 151 Å². The summed E-state index contributed by atoms with van der Waals surface area (Å²) in [7, 11) is -7.02. The van der Waals surface area contributed by atoms with Gasteiger partial charge in [0.25, 0.3) is 0 Å². The number of fused-ring (bicyclic) bond motifs is 1. The van der Waals surface area contributed by atoms with Gasteiger partial charge in [0.1, 0.15) is 9.79 Å². The first kappa shape index (κ1) is 20.1. The van der Waals surface area contributed by atoms with Crippen molar-refractivity contribution in [1.82, 2.24) is 4.40 Å². The number of pyridine rings is 1. The molecule has 8 nitrogen and oxygen atoms in total. The highest BCUT2D eigenvalue weighted by atomic mass is 32.2. The van der Waals surface area contributed by atoms with Crippen LogP contribution in [-0.4, -0.2) is 51.6 Å². The number of methoxy groups -OCH3 is 1. The molecule has 10 heteroatoms. The number of carbonyl (C=O) groups excluding carboxylic acids is 2. The molecule has 2 rings (SSSR count). The summed E-state index contributed by atoms with van der Waals surface area (Å²) in [6.07, 6.45) is 1.24. The SMILES string of the molecule is CCS(=O)(=O)c1c(S(=O)(=O)CC)c2ccc(C(C)=O)cn2c1C(=O)OC. The summed E-state index contributed by atoms with van der Waals surface area (Å²) in [6.45, 7) is 4.03. The molecule has 0 radical (unpaired) electrons. The standard InChI is InChI=1S/C16H19NO7S2/c1-5-25(20,21)14-12-8-7-11(10(3)18)9-17(12)13(16(19)24-4)15(14)26(22,23)6-2/h7-9H,5-6H2,1-4H3. The van der Waals surface area contributed by atoms with Crippen molar-refractivity contribution in [3.63, 3.8) is 0 Å². The van der Waals surface area contributed by atoms with Gasteiger partial charge in [-0.05, 0) is 19.1 Å². The van der Waals surface area contributed by atoms with Gasteiger partial charge in [0, 0.05) is 11.8 Å². The lowest BCUT2D eigenvalue weighted by atomic mass is 10.2. The Morgan fingerprint density at radius 1 is 1.00 bits per heavy atom. The van der Waals surface area contributed by atoms with Gasteiger partial charge in [-0.3, -0.25) is 4.79 Å². The van der Waals surface area contributed by atoms with Crippen LogP contribution in [0, 0.1) is 0 Å². The molecule has 26 heavy (non-hydrogen) atoms. The Balaban J connectivity index is 3.21. The average Bonchev–Trinajstić information content (AvgIpc) is 2.96. The molecule has 0 saturated heterocycles. The molecule has 0 aliphatic carbocycles. The van der Waals surface area contributed by atoms with E-state index in [1.54, 1.807) is 0 Å². The quantitative estimate of drug-likeness (QED) is 0.532. The Morgan fingerprint density at radius 3 is 2.00 bits per heavy atom. The number of ketones is 1. The van der Waals surface area contributed by atoms with E-state index in [-0.39, 0.29) is 22.6 Å². The Kier molecular flexibility index (Phi) is 5.29. The van der Waals surface area contributed by atoms with E-state index >= 15 is 0 Å². The van der Waals surface area contributed by atoms with E-state index in [0.717, 1.165) is 11.5 Å². The van der Waals surface area contributed by atoms with E-state index in [1.165, 1.54) is 39.1 Å². The van der Waals surface area contributed by atoms with Gasteiger partial charge in [-0.2, -0.15) is 0 Å². The molecule has 0 amide bonds. The number of carbonyl (C=O) groups is 2. The highest BCUT2D eigenvalue weighted by Gasteiger charge is 2.36. The molecule has 2 heterocycles. The van der Waals surface area contributed by atoms with Crippen LogP contribution >= 0.6 is 0 Å². The molecular formula is C16H19NO7S2. The zero-order valence-corrected chi connectivity index (χ0v) is 16.4. The number of sulfone groups is 2. The number of Topliss-reactive ketones (excluding diaryl/α,β-unsaturated/α-hetero) is 1. The minimum Gasteiger partial charge on any atom is -0.464 e. The number of hydrogen-bond acceptors (Lipinski definition) is 7. The molecule has 0 saturated carbocycles. The number of esters is 1. The van der Waals surface area contributed by atoms with E-state index in [2.05, 4.69) is 4.74 Å². The minimum absolute atomic E-state index is 0.00396. The number of ether oxygens (including phenoxy) is 1. The molecule has 0 aliphatic rings. The van der Waals surface area contributed by atoms with Crippen LogP contribution in [0.4, 0.5) is 0 Å². The molecule has 0 unspecified atom stereocenters. The maximum Gasteiger partial charge on any atom is 0.356 e. The highest BCUT2D eigenvalue weighted by Crippen LogP contribution is 2.34. The molecule has 2 aromatic rings. The third kappa shape index (κ3) is 3.14. The molecule has 2 aromatic heterocycles. The smallest absolute Gasteiger partial charge is 0.356 e. The molecular weight excluding hydrogens is 382 g/mol. The van der Waals surface area contributed by atoms with Crippen molar-refractivity contribution in [3.8, 4) is 0 Å². The fourth-order valence-corrected chi connectivity index (χ4v) is 5.64. The summed E-state index contributed by atoms with van der Waals surface area (Å²) in [4.78, 5) is 23.0. The normalized spacial score (nSPS) is 12.3. The van der Waals surface area contributed by atoms with Gasteiger partial charge in [0.05, 0.1) is 24.1 Å². The van der Waals surface area contributed by atoms with Crippen molar-refractivity contribution in [3.05, 3.63) is 29.6 Å². The van der Waals surface area contributed by atoms with Crippen molar-refractivity contribution in [2.24, 2.45) is 0 Å². The maximum atomic E-state index is 12.7. The van der Waals surface area contributed by atoms with E-state index < -0.39 is 46.9 Å². The number of aromatic nitrogens is 1.